The monoisotopic (exact) mass is 287 g/mol. The summed E-state index contributed by atoms with van der Waals surface area (Å²) in [5.41, 5.74) is 4.50. The van der Waals surface area contributed by atoms with Crippen LogP contribution in [0.3, 0.4) is 0 Å². The molecule has 0 heterocycles. The van der Waals surface area contributed by atoms with Gasteiger partial charge in [-0.05, 0) is 61.5 Å². The summed E-state index contributed by atoms with van der Waals surface area (Å²) in [5.74, 6) is 1.89. The Morgan fingerprint density at radius 3 is 2.48 bits per heavy atom. The lowest BCUT2D eigenvalue weighted by molar-refractivity contribution is 0.155. The number of hydrogen-bond donors (Lipinski definition) is 1. The van der Waals surface area contributed by atoms with Crippen LogP contribution in [-0.2, 0) is 0 Å². The Labute approximate surface area is 129 Å². The van der Waals surface area contributed by atoms with E-state index in [1.54, 1.807) is 7.11 Å². The van der Waals surface area contributed by atoms with Crippen molar-refractivity contribution in [2.45, 2.75) is 59.9 Å². The van der Waals surface area contributed by atoms with E-state index in [1.807, 2.05) is 0 Å². The summed E-state index contributed by atoms with van der Waals surface area (Å²) in [7, 11) is 1.77. The van der Waals surface area contributed by atoms with Crippen LogP contribution < -0.4 is 10.1 Å². The molecule has 1 aromatic carbocycles. The van der Waals surface area contributed by atoms with Gasteiger partial charge in [0.05, 0.1) is 7.11 Å². The molecule has 116 valence electrons. The molecule has 0 spiro atoms. The quantitative estimate of drug-likeness (QED) is 0.850. The summed E-state index contributed by atoms with van der Waals surface area (Å²) < 4.78 is 5.58. The number of aryl methyl sites for hydroxylation is 1. The van der Waals surface area contributed by atoms with Gasteiger partial charge in [0.25, 0.3) is 0 Å². The molecule has 0 saturated heterocycles. The Bertz CT molecular complexity index is 558. The topological polar surface area (TPSA) is 21.3 Å². The molecule has 0 radical (unpaired) electrons. The molecule has 1 aromatic rings. The summed E-state index contributed by atoms with van der Waals surface area (Å²) in [6.45, 7) is 11.6. The van der Waals surface area contributed by atoms with Crippen LogP contribution in [0.5, 0.6) is 5.75 Å². The number of benzene rings is 1. The van der Waals surface area contributed by atoms with E-state index in [4.69, 9.17) is 4.74 Å². The van der Waals surface area contributed by atoms with Gasteiger partial charge in [0.15, 0.2) is 0 Å². The van der Waals surface area contributed by atoms with Gasteiger partial charge in [-0.2, -0.15) is 0 Å². The Morgan fingerprint density at radius 2 is 1.90 bits per heavy atom. The summed E-state index contributed by atoms with van der Waals surface area (Å²) >= 11 is 0. The smallest absolute Gasteiger partial charge is 0.126 e. The van der Waals surface area contributed by atoms with E-state index in [0.29, 0.717) is 16.9 Å². The maximum absolute atomic E-state index is 5.58. The molecule has 2 fully saturated rings. The lowest BCUT2D eigenvalue weighted by atomic mass is 9.68. The standard InChI is InChI=1S/C19H29NO/c1-12-7-8-15(13(2)16(12)21-6)20-17-18(3,4)14-9-10-19(17,5)11-14/h7-8,14,17,20H,9-11H2,1-6H3/t14-,17?,19+/m0/s1. The van der Waals surface area contributed by atoms with Crippen molar-refractivity contribution in [3.05, 3.63) is 23.3 Å². The third-order valence-electron chi connectivity index (χ3n) is 6.38. The Morgan fingerprint density at radius 1 is 1.19 bits per heavy atom. The molecule has 2 saturated carbocycles. The van der Waals surface area contributed by atoms with Gasteiger partial charge in [0.1, 0.15) is 5.75 Å². The molecule has 1 unspecified atom stereocenters. The van der Waals surface area contributed by atoms with Crippen molar-refractivity contribution in [3.63, 3.8) is 0 Å². The Kier molecular flexibility index (Phi) is 3.27. The average molecular weight is 287 g/mol. The molecule has 3 rings (SSSR count). The molecule has 1 N–H and O–H groups in total. The lowest BCUT2D eigenvalue weighted by Crippen LogP contribution is -2.45. The van der Waals surface area contributed by atoms with Gasteiger partial charge in [-0.25, -0.2) is 0 Å². The normalized spacial score (nSPS) is 33.2. The molecule has 3 atom stereocenters. The predicted octanol–water partition coefficient (Wildman–Crippen LogP) is 4.94. The van der Waals surface area contributed by atoms with Gasteiger partial charge in [-0.3, -0.25) is 0 Å². The zero-order chi connectivity index (χ0) is 15.4. The number of methoxy groups -OCH3 is 1. The van der Waals surface area contributed by atoms with E-state index in [1.165, 1.54) is 36.1 Å². The van der Waals surface area contributed by atoms with E-state index >= 15 is 0 Å². The zero-order valence-electron chi connectivity index (χ0n) is 14.3. The van der Waals surface area contributed by atoms with Gasteiger partial charge in [0.2, 0.25) is 0 Å². The number of ether oxygens (including phenoxy) is 1. The van der Waals surface area contributed by atoms with Crippen molar-refractivity contribution in [2.24, 2.45) is 16.7 Å². The van der Waals surface area contributed by atoms with Crippen LogP contribution in [0.2, 0.25) is 0 Å². The highest BCUT2D eigenvalue weighted by atomic mass is 16.5. The first-order valence-corrected chi connectivity index (χ1v) is 8.20. The van der Waals surface area contributed by atoms with Crippen molar-refractivity contribution in [1.82, 2.24) is 0 Å². The number of fused-ring (bicyclic) bond motifs is 2. The number of nitrogens with one attached hydrogen (secondary N) is 1. The third-order valence-corrected chi connectivity index (χ3v) is 6.38. The van der Waals surface area contributed by atoms with Crippen LogP contribution in [0.4, 0.5) is 5.69 Å². The number of rotatable bonds is 3. The molecular weight excluding hydrogens is 258 g/mol. The fourth-order valence-electron chi connectivity index (χ4n) is 5.12. The van der Waals surface area contributed by atoms with E-state index in [2.05, 4.69) is 52.1 Å². The van der Waals surface area contributed by atoms with E-state index in [9.17, 15) is 0 Å². The number of anilines is 1. The van der Waals surface area contributed by atoms with Crippen molar-refractivity contribution >= 4 is 5.69 Å². The SMILES string of the molecule is COc1c(C)ccc(NC2C(C)(C)[C@H]3CC[C@]2(C)C3)c1C. The highest BCUT2D eigenvalue weighted by Crippen LogP contribution is 2.63. The largest absolute Gasteiger partial charge is 0.496 e. The van der Waals surface area contributed by atoms with Gasteiger partial charge >= 0.3 is 0 Å². The maximum Gasteiger partial charge on any atom is 0.126 e. The van der Waals surface area contributed by atoms with Crippen molar-refractivity contribution in [1.29, 1.82) is 0 Å². The van der Waals surface area contributed by atoms with Crippen LogP contribution >= 0.6 is 0 Å². The van der Waals surface area contributed by atoms with Crippen LogP contribution in [0.15, 0.2) is 12.1 Å². The molecule has 2 heteroatoms. The molecule has 0 aromatic heterocycles. The first-order valence-electron chi connectivity index (χ1n) is 8.20. The molecule has 0 amide bonds. The van der Waals surface area contributed by atoms with Gasteiger partial charge < -0.3 is 10.1 Å². The second kappa shape index (κ2) is 4.66. The second-order valence-electron chi connectivity index (χ2n) is 8.08. The molecular formula is C19H29NO. The minimum atomic E-state index is 0.373. The van der Waals surface area contributed by atoms with E-state index in [0.717, 1.165) is 11.7 Å². The molecule has 2 aliphatic rings. The fraction of sp³-hybridized carbons (Fsp3) is 0.684. The van der Waals surface area contributed by atoms with Crippen molar-refractivity contribution in [2.75, 3.05) is 12.4 Å². The van der Waals surface area contributed by atoms with Gasteiger partial charge in [0, 0.05) is 17.3 Å². The van der Waals surface area contributed by atoms with Crippen LogP contribution in [-0.4, -0.2) is 13.2 Å². The first-order chi connectivity index (χ1) is 9.79. The van der Waals surface area contributed by atoms with Crippen LogP contribution in [0, 0.1) is 30.6 Å². The maximum atomic E-state index is 5.58. The van der Waals surface area contributed by atoms with E-state index in [-0.39, 0.29) is 0 Å². The minimum absolute atomic E-state index is 0.373. The highest BCUT2D eigenvalue weighted by Gasteiger charge is 2.59. The fourth-order valence-corrected chi connectivity index (χ4v) is 5.12. The third kappa shape index (κ3) is 2.06. The first kappa shape index (κ1) is 14.7. The molecule has 2 bridgehead atoms. The summed E-state index contributed by atoms with van der Waals surface area (Å²) in [6, 6.07) is 4.94. The van der Waals surface area contributed by atoms with Gasteiger partial charge in [-0.15, -0.1) is 0 Å². The summed E-state index contributed by atoms with van der Waals surface area (Å²) in [5, 5.41) is 3.89. The highest BCUT2D eigenvalue weighted by molar-refractivity contribution is 5.60. The Balaban J connectivity index is 1.94. The van der Waals surface area contributed by atoms with Gasteiger partial charge in [-0.1, -0.05) is 26.8 Å². The lowest BCUT2D eigenvalue weighted by Gasteiger charge is -2.44. The molecule has 0 aliphatic heterocycles. The molecule has 21 heavy (non-hydrogen) atoms. The van der Waals surface area contributed by atoms with Crippen LogP contribution in [0.25, 0.3) is 0 Å². The Hall–Kier alpha value is -1.18. The summed E-state index contributed by atoms with van der Waals surface area (Å²) in [4.78, 5) is 0. The minimum Gasteiger partial charge on any atom is -0.496 e. The predicted molar refractivity (Wildman–Crippen MR) is 89.1 cm³/mol. The summed E-state index contributed by atoms with van der Waals surface area (Å²) in [6.07, 6.45) is 4.14. The second-order valence-corrected chi connectivity index (χ2v) is 8.08. The molecule has 2 aliphatic carbocycles. The van der Waals surface area contributed by atoms with Crippen molar-refractivity contribution < 1.29 is 4.74 Å². The average Bonchev–Trinajstić information content (AvgIpc) is 2.88. The molecule has 2 nitrogen and oxygen atoms in total. The van der Waals surface area contributed by atoms with Crippen LogP contribution in [0.1, 0.15) is 51.2 Å². The van der Waals surface area contributed by atoms with E-state index < -0.39 is 0 Å². The number of hydrogen-bond acceptors (Lipinski definition) is 2. The van der Waals surface area contributed by atoms with Crippen molar-refractivity contribution in [3.8, 4) is 5.75 Å². The zero-order valence-corrected chi connectivity index (χ0v) is 14.3.